The first-order valence-corrected chi connectivity index (χ1v) is 4.51. The van der Waals surface area contributed by atoms with Gasteiger partial charge in [-0.1, -0.05) is 0 Å². The third-order valence-corrected chi connectivity index (χ3v) is 2.08. The number of carboxylic acids is 1. The highest BCUT2D eigenvalue weighted by Crippen LogP contribution is 2.15. The topological polar surface area (TPSA) is 66.4 Å². The molecule has 0 spiro atoms. The van der Waals surface area contributed by atoms with Gasteiger partial charge in [0, 0.05) is 12.5 Å². The molecule has 0 bridgehead atoms. The Hall–Kier alpha value is -2.05. The zero-order valence-electron chi connectivity index (χ0n) is 8.41. The Morgan fingerprint density at radius 3 is 2.41 bits per heavy atom. The zero-order valence-corrected chi connectivity index (χ0v) is 8.41. The van der Waals surface area contributed by atoms with Gasteiger partial charge in [0.1, 0.15) is 11.9 Å². The summed E-state index contributed by atoms with van der Waals surface area (Å²) in [6, 6.07) is -0.510. The molecule has 0 fully saturated rings. The fourth-order valence-electron chi connectivity index (χ4n) is 1.24. The van der Waals surface area contributed by atoms with Crippen molar-refractivity contribution >= 4 is 12.4 Å². The summed E-state index contributed by atoms with van der Waals surface area (Å²) in [5.74, 6) is -5.11. The molecule has 1 atom stereocenters. The molecule has 4 nitrogen and oxygen atoms in total. The van der Waals surface area contributed by atoms with E-state index >= 15 is 0 Å². The third kappa shape index (κ3) is 3.20. The van der Waals surface area contributed by atoms with E-state index in [-0.39, 0.29) is 12.0 Å². The van der Waals surface area contributed by atoms with Crippen molar-refractivity contribution in [2.45, 2.75) is 12.5 Å². The zero-order chi connectivity index (χ0) is 13.0. The molecule has 1 amide bonds. The van der Waals surface area contributed by atoms with Crippen LogP contribution in [0.5, 0.6) is 0 Å². The van der Waals surface area contributed by atoms with E-state index in [2.05, 4.69) is 0 Å². The molecule has 1 unspecified atom stereocenters. The van der Waals surface area contributed by atoms with E-state index < -0.39 is 35.9 Å². The Morgan fingerprint density at radius 2 is 1.88 bits per heavy atom. The van der Waals surface area contributed by atoms with E-state index in [0.29, 0.717) is 12.1 Å². The molecule has 0 radical (unpaired) electrons. The summed E-state index contributed by atoms with van der Waals surface area (Å²) in [6.07, 6.45) is -0.340. The van der Waals surface area contributed by atoms with Crippen LogP contribution >= 0.6 is 0 Å². The van der Waals surface area contributed by atoms with Gasteiger partial charge in [-0.3, -0.25) is 4.79 Å². The number of rotatable bonds is 5. The Bertz CT molecular complexity index is 451. The van der Waals surface area contributed by atoms with Gasteiger partial charge in [-0.2, -0.15) is 0 Å². The van der Waals surface area contributed by atoms with Gasteiger partial charge in [-0.15, -0.1) is 0 Å². The lowest BCUT2D eigenvalue weighted by atomic mass is 10.1. The van der Waals surface area contributed by atoms with Crippen LogP contribution < -0.4 is 5.32 Å². The number of aliphatic carboxylic acids is 1. The number of hydrogen-bond acceptors (Lipinski definition) is 2. The summed E-state index contributed by atoms with van der Waals surface area (Å²) in [5, 5.41) is 10.6. The SMILES string of the molecule is O=CNC(Cc1cc(F)c(F)cc1F)C(=O)O. The second-order valence-corrected chi connectivity index (χ2v) is 3.24. The van der Waals surface area contributed by atoms with Crippen molar-refractivity contribution in [1.29, 1.82) is 0 Å². The van der Waals surface area contributed by atoms with Gasteiger partial charge in [0.25, 0.3) is 0 Å². The van der Waals surface area contributed by atoms with Crippen LogP contribution in [0.3, 0.4) is 0 Å². The first kappa shape index (κ1) is 13.0. The molecule has 92 valence electrons. The standard InChI is InChI=1S/C10H8F3NO3/c11-6-3-8(13)7(12)1-5(6)2-9(10(16)17)14-4-15/h1,3-4,9H,2H2,(H,14,15)(H,16,17). The normalized spacial score (nSPS) is 11.9. The predicted molar refractivity (Wildman–Crippen MR) is 50.6 cm³/mol. The monoisotopic (exact) mass is 247 g/mol. The molecule has 0 saturated carbocycles. The molecule has 1 aromatic carbocycles. The van der Waals surface area contributed by atoms with Crippen LogP contribution in [0.2, 0.25) is 0 Å². The lowest BCUT2D eigenvalue weighted by Gasteiger charge is -2.11. The minimum atomic E-state index is -1.40. The maximum Gasteiger partial charge on any atom is 0.326 e. The Morgan fingerprint density at radius 1 is 1.29 bits per heavy atom. The Labute approximate surface area is 94.1 Å². The van der Waals surface area contributed by atoms with Crippen LogP contribution in [-0.2, 0) is 16.0 Å². The van der Waals surface area contributed by atoms with Gasteiger partial charge >= 0.3 is 5.97 Å². The molecular formula is C10H8F3NO3. The van der Waals surface area contributed by atoms with E-state index in [1.807, 2.05) is 5.32 Å². The van der Waals surface area contributed by atoms with Crippen molar-refractivity contribution in [3.8, 4) is 0 Å². The second-order valence-electron chi connectivity index (χ2n) is 3.24. The fraction of sp³-hybridized carbons (Fsp3) is 0.200. The molecule has 0 aromatic heterocycles. The van der Waals surface area contributed by atoms with Crippen LogP contribution in [0.15, 0.2) is 12.1 Å². The van der Waals surface area contributed by atoms with Crippen molar-refractivity contribution in [3.63, 3.8) is 0 Å². The highest BCUT2D eigenvalue weighted by molar-refractivity contribution is 5.76. The molecule has 0 heterocycles. The lowest BCUT2D eigenvalue weighted by Crippen LogP contribution is -2.37. The minimum absolute atomic E-state index is 0.135. The molecule has 2 N–H and O–H groups in total. The molecule has 1 rings (SSSR count). The van der Waals surface area contributed by atoms with Gasteiger partial charge in [-0.05, 0) is 11.6 Å². The minimum Gasteiger partial charge on any atom is -0.480 e. The molecule has 17 heavy (non-hydrogen) atoms. The number of carboxylic acid groups (broad SMARTS) is 1. The maximum atomic E-state index is 13.2. The highest BCUT2D eigenvalue weighted by atomic mass is 19.2. The van der Waals surface area contributed by atoms with E-state index in [4.69, 9.17) is 5.11 Å². The summed E-state index contributed by atoms with van der Waals surface area (Å²) >= 11 is 0. The molecule has 1 aromatic rings. The van der Waals surface area contributed by atoms with Crippen molar-refractivity contribution in [3.05, 3.63) is 35.1 Å². The average molecular weight is 247 g/mol. The molecular weight excluding hydrogens is 239 g/mol. The summed E-state index contributed by atoms with van der Waals surface area (Å²) in [4.78, 5) is 20.8. The lowest BCUT2D eigenvalue weighted by molar-refractivity contribution is -0.140. The van der Waals surface area contributed by atoms with Gasteiger partial charge < -0.3 is 10.4 Å². The third-order valence-electron chi connectivity index (χ3n) is 2.08. The average Bonchev–Trinajstić information content (AvgIpc) is 2.24. The van der Waals surface area contributed by atoms with Gasteiger partial charge in [-0.25, -0.2) is 18.0 Å². The Kier molecular flexibility index (Phi) is 4.08. The quantitative estimate of drug-likeness (QED) is 0.598. The smallest absolute Gasteiger partial charge is 0.326 e. The first-order valence-electron chi connectivity index (χ1n) is 4.51. The molecule has 0 aliphatic carbocycles. The van der Waals surface area contributed by atoms with E-state index in [1.165, 1.54) is 0 Å². The van der Waals surface area contributed by atoms with Crippen molar-refractivity contribution in [2.24, 2.45) is 0 Å². The highest BCUT2D eigenvalue weighted by Gasteiger charge is 2.20. The number of carbonyl (C=O) groups is 2. The van der Waals surface area contributed by atoms with Gasteiger partial charge in [0.15, 0.2) is 11.6 Å². The van der Waals surface area contributed by atoms with Gasteiger partial charge in [0.05, 0.1) is 0 Å². The van der Waals surface area contributed by atoms with Crippen molar-refractivity contribution in [2.75, 3.05) is 0 Å². The molecule has 0 aliphatic heterocycles. The van der Waals surface area contributed by atoms with Crippen LogP contribution in [0.4, 0.5) is 13.2 Å². The number of benzene rings is 1. The van der Waals surface area contributed by atoms with Gasteiger partial charge in [0.2, 0.25) is 6.41 Å². The fourth-order valence-corrected chi connectivity index (χ4v) is 1.24. The molecule has 7 heteroatoms. The van der Waals surface area contributed by atoms with Crippen LogP contribution in [0, 0.1) is 17.5 Å². The summed E-state index contributed by atoms with van der Waals surface area (Å²) in [6.45, 7) is 0. The summed E-state index contributed by atoms with van der Waals surface area (Å²) in [5.41, 5.74) is -0.328. The predicted octanol–water partition coefficient (Wildman–Crippen LogP) is 0.846. The Balaban J connectivity index is 2.96. The number of nitrogens with one attached hydrogen (secondary N) is 1. The van der Waals surface area contributed by atoms with Crippen LogP contribution in [0.25, 0.3) is 0 Å². The molecule has 0 aliphatic rings. The first-order chi connectivity index (χ1) is 7.95. The largest absolute Gasteiger partial charge is 0.480 e. The number of hydrogen-bond donors (Lipinski definition) is 2. The summed E-state index contributed by atoms with van der Waals surface area (Å²) < 4.78 is 38.6. The van der Waals surface area contributed by atoms with E-state index in [9.17, 15) is 22.8 Å². The van der Waals surface area contributed by atoms with Crippen LogP contribution in [0.1, 0.15) is 5.56 Å². The van der Waals surface area contributed by atoms with Crippen molar-refractivity contribution in [1.82, 2.24) is 5.32 Å². The molecule has 0 saturated heterocycles. The number of halogens is 3. The van der Waals surface area contributed by atoms with Crippen LogP contribution in [-0.4, -0.2) is 23.5 Å². The second kappa shape index (κ2) is 5.33. The summed E-state index contributed by atoms with van der Waals surface area (Å²) in [7, 11) is 0. The number of amides is 1. The van der Waals surface area contributed by atoms with E-state index in [0.717, 1.165) is 0 Å². The van der Waals surface area contributed by atoms with E-state index in [1.54, 1.807) is 0 Å². The maximum absolute atomic E-state index is 13.2. The van der Waals surface area contributed by atoms with Crippen molar-refractivity contribution < 1.29 is 27.9 Å². The number of carbonyl (C=O) groups excluding carboxylic acids is 1.